The predicted octanol–water partition coefficient (Wildman–Crippen LogP) is 3.12. The number of carbonyl (C=O) groups excluding carboxylic acids is 1. The number of anilines is 4. The second-order valence-corrected chi connectivity index (χ2v) is 7.19. The van der Waals surface area contributed by atoms with Crippen molar-refractivity contribution in [2.75, 3.05) is 29.0 Å². The van der Waals surface area contributed by atoms with Crippen LogP contribution in [0.25, 0.3) is 0 Å². The van der Waals surface area contributed by atoms with Gasteiger partial charge in [0.25, 0.3) is 0 Å². The lowest BCUT2D eigenvalue weighted by atomic mass is 10.2. The van der Waals surface area contributed by atoms with Gasteiger partial charge in [-0.05, 0) is 31.0 Å². The summed E-state index contributed by atoms with van der Waals surface area (Å²) in [5.41, 5.74) is 8.15. The SMILES string of the molecule is CCCc1cc(N2CCC(NC(C)=O)C2)nc(Nc2ccc(Cl)c(N)c2)n1. The van der Waals surface area contributed by atoms with Crippen LogP contribution in [0.2, 0.25) is 5.02 Å². The van der Waals surface area contributed by atoms with E-state index in [-0.39, 0.29) is 11.9 Å². The molecule has 3 rings (SSSR count). The summed E-state index contributed by atoms with van der Waals surface area (Å²) in [6.07, 6.45) is 2.78. The predicted molar refractivity (Wildman–Crippen MR) is 110 cm³/mol. The van der Waals surface area contributed by atoms with Crippen LogP contribution in [-0.4, -0.2) is 35.0 Å². The van der Waals surface area contributed by atoms with Gasteiger partial charge in [0.15, 0.2) is 0 Å². The van der Waals surface area contributed by atoms with Gasteiger partial charge in [-0.15, -0.1) is 0 Å². The topological polar surface area (TPSA) is 96.2 Å². The maximum Gasteiger partial charge on any atom is 0.229 e. The summed E-state index contributed by atoms with van der Waals surface area (Å²) in [4.78, 5) is 22.8. The number of hydrogen-bond acceptors (Lipinski definition) is 6. The van der Waals surface area contributed by atoms with Crippen molar-refractivity contribution in [2.45, 2.75) is 39.2 Å². The van der Waals surface area contributed by atoms with Gasteiger partial charge in [-0.3, -0.25) is 4.79 Å². The van der Waals surface area contributed by atoms with Crippen molar-refractivity contribution in [1.29, 1.82) is 0 Å². The molecule has 2 heterocycles. The fourth-order valence-corrected chi connectivity index (χ4v) is 3.33. The Labute approximate surface area is 164 Å². The highest BCUT2D eigenvalue weighted by Gasteiger charge is 2.24. The number of rotatable bonds is 6. The molecule has 1 saturated heterocycles. The van der Waals surface area contributed by atoms with E-state index < -0.39 is 0 Å². The molecule has 1 aliphatic heterocycles. The Morgan fingerprint density at radius 2 is 2.19 bits per heavy atom. The number of nitrogens with one attached hydrogen (secondary N) is 2. The summed E-state index contributed by atoms with van der Waals surface area (Å²) < 4.78 is 0. The number of nitrogen functional groups attached to an aromatic ring is 1. The summed E-state index contributed by atoms with van der Waals surface area (Å²) >= 11 is 5.99. The van der Waals surface area contributed by atoms with Crippen molar-refractivity contribution in [1.82, 2.24) is 15.3 Å². The molecule has 0 spiro atoms. The Balaban J connectivity index is 1.82. The van der Waals surface area contributed by atoms with Gasteiger partial charge >= 0.3 is 0 Å². The standard InChI is InChI=1S/C19H25ClN6O/c1-3-4-13-10-18(26-8-7-15(11-26)22-12(2)27)25-19(23-13)24-14-5-6-16(20)17(21)9-14/h5-6,9-10,15H,3-4,7-8,11,21H2,1-2H3,(H,22,27)(H,23,24,25). The summed E-state index contributed by atoms with van der Waals surface area (Å²) in [5, 5.41) is 6.72. The zero-order valence-electron chi connectivity index (χ0n) is 15.6. The van der Waals surface area contributed by atoms with Crippen LogP contribution < -0.4 is 21.3 Å². The van der Waals surface area contributed by atoms with E-state index in [0.717, 1.165) is 49.6 Å². The van der Waals surface area contributed by atoms with E-state index in [9.17, 15) is 4.79 Å². The molecule has 27 heavy (non-hydrogen) atoms. The highest BCUT2D eigenvalue weighted by atomic mass is 35.5. The third-order valence-electron chi connectivity index (χ3n) is 4.44. The van der Waals surface area contributed by atoms with Gasteiger partial charge in [-0.2, -0.15) is 4.98 Å². The molecular formula is C19H25ClN6O. The van der Waals surface area contributed by atoms with Crippen molar-refractivity contribution in [3.63, 3.8) is 0 Å². The van der Waals surface area contributed by atoms with Crippen LogP contribution in [0, 0.1) is 0 Å². The Hall–Kier alpha value is -2.54. The lowest BCUT2D eigenvalue weighted by molar-refractivity contribution is -0.119. The van der Waals surface area contributed by atoms with Crippen LogP contribution in [0.5, 0.6) is 0 Å². The Morgan fingerprint density at radius 1 is 1.37 bits per heavy atom. The Bertz CT molecular complexity index is 828. The highest BCUT2D eigenvalue weighted by molar-refractivity contribution is 6.33. The van der Waals surface area contributed by atoms with Gasteiger partial charge < -0.3 is 21.3 Å². The first-order valence-electron chi connectivity index (χ1n) is 9.16. The maximum atomic E-state index is 11.3. The molecule has 0 radical (unpaired) electrons. The van der Waals surface area contributed by atoms with Crippen LogP contribution in [0.4, 0.5) is 23.1 Å². The quantitative estimate of drug-likeness (QED) is 0.658. The summed E-state index contributed by atoms with van der Waals surface area (Å²) in [5.74, 6) is 1.39. The molecule has 0 saturated carbocycles. The lowest BCUT2D eigenvalue weighted by Gasteiger charge is -2.19. The van der Waals surface area contributed by atoms with E-state index in [4.69, 9.17) is 17.3 Å². The van der Waals surface area contributed by atoms with Crippen LogP contribution in [-0.2, 0) is 11.2 Å². The van der Waals surface area contributed by atoms with Gasteiger partial charge in [-0.1, -0.05) is 24.9 Å². The first-order valence-corrected chi connectivity index (χ1v) is 9.54. The normalized spacial score (nSPS) is 16.4. The second kappa shape index (κ2) is 8.43. The first-order chi connectivity index (χ1) is 12.9. The van der Waals surface area contributed by atoms with Gasteiger partial charge in [-0.25, -0.2) is 4.98 Å². The monoisotopic (exact) mass is 388 g/mol. The van der Waals surface area contributed by atoms with E-state index in [1.165, 1.54) is 0 Å². The van der Waals surface area contributed by atoms with Gasteiger partial charge in [0, 0.05) is 43.5 Å². The molecule has 144 valence electrons. The number of nitrogens with two attached hydrogens (primary N) is 1. The molecule has 1 amide bonds. The van der Waals surface area contributed by atoms with Gasteiger partial charge in [0.1, 0.15) is 5.82 Å². The summed E-state index contributed by atoms with van der Waals surface area (Å²) in [6, 6.07) is 7.53. The smallest absolute Gasteiger partial charge is 0.229 e. The minimum Gasteiger partial charge on any atom is -0.397 e. The molecule has 2 aromatic rings. The number of nitrogens with zero attached hydrogens (tertiary/aromatic N) is 3. The number of aromatic nitrogens is 2. The molecule has 1 aliphatic rings. The molecule has 8 heteroatoms. The van der Waals surface area contributed by atoms with E-state index in [1.807, 2.05) is 12.1 Å². The van der Waals surface area contributed by atoms with Crippen molar-refractivity contribution in [2.24, 2.45) is 0 Å². The van der Waals surface area contributed by atoms with Crippen LogP contribution in [0.3, 0.4) is 0 Å². The highest BCUT2D eigenvalue weighted by Crippen LogP contribution is 2.26. The fraction of sp³-hybridized carbons (Fsp3) is 0.421. The van der Waals surface area contributed by atoms with Crippen molar-refractivity contribution >= 4 is 40.6 Å². The van der Waals surface area contributed by atoms with E-state index in [2.05, 4.69) is 32.4 Å². The Morgan fingerprint density at radius 3 is 2.89 bits per heavy atom. The molecule has 7 nitrogen and oxygen atoms in total. The molecular weight excluding hydrogens is 364 g/mol. The number of aryl methyl sites for hydroxylation is 1. The molecule has 0 aliphatic carbocycles. The molecule has 1 atom stereocenters. The average molecular weight is 389 g/mol. The summed E-state index contributed by atoms with van der Waals surface area (Å²) in [7, 11) is 0. The third kappa shape index (κ3) is 5.01. The second-order valence-electron chi connectivity index (χ2n) is 6.78. The number of amides is 1. The van der Waals surface area contributed by atoms with Crippen LogP contribution in [0.1, 0.15) is 32.4 Å². The largest absolute Gasteiger partial charge is 0.397 e. The van der Waals surface area contributed by atoms with Crippen molar-refractivity contribution in [3.05, 3.63) is 35.0 Å². The number of hydrogen-bond donors (Lipinski definition) is 3. The van der Waals surface area contributed by atoms with E-state index >= 15 is 0 Å². The molecule has 1 unspecified atom stereocenters. The van der Waals surface area contributed by atoms with Crippen LogP contribution >= 0.6 is 11.6 Å². The average Bonchev–Trinajstić information content (AvgIpc) is 3.06. The van der Waals surface area contributed by atoms with Gasteiger partial charge in [0.05, 0.1) is 10.7 Å². The molecule has 4 N–H and O–H groups in total. The number of benzene rings is 1. The maximum absolute atomic E-state index is 11.3. The summed E-state index contributed by atoms with van der Waals surface area (Å²) in [6.45, 7) is 5.26. The minimum absolute atomic E-state index is 0.00103. The minimum atomic E-state index is -0.00103. The number of carbonyl (C=O) groups is 1. The van der Waals surface area contributed by atoms with E-state index in [0.29, 0.717) is 16.7 Å². The Kier molecular flexibility index (Phi) is 6.01. The number of halogens is 1. The molecule has 1 aromatic carbocycles. The molecule has 1 aromatic heterocycles. The van der Waals surface area contributed by atoms with Crippen LogP contribution in [0.15, 0.2) is 24.3 Å². The zero-order valence-corrected chi connectivity index (χ0v) is 16.4. The van der Waals surface area contributed by atoms with E-state index in [1.54, 1.807) is 19.1 Å². The zero-order chi connectivity index (χ0) is 19.4. The molecule has 1 fully saturated rings. The molecule has 0 bridgehead atoms. The lowest BCUT2D eigenvalue weighted by Crippen LogP contribution is -2.35. The third-order valence-corrected chi connectivity index (χ3v) is 4.79. The first kappa shape index (κ1) is 19.2. The van der Waals surface area contributed by atoms with Gasteiger partial charge in [0.2, 0.25) is 11.9 Å². The fourth-order valence-electron chi connectivity index (χ4n) is 3.21. The van der Waals surface area contributed by atoms with Crippen molar-refractivity contribution < 1.29 is 4.79 Å². The van der Waals surface area contributed by atoms with Crippen molar-refractivity contribution in [3.8, 4) is 0 Å².